The van der Waals surface area contributed by atoms with Crippen LogP contribution < -0.4 is 4.74 Å². The van der Waals surface area contributed by atoms with E-state index in [2.05, 4.69) is 24.9 Å². The van der Waals surface area contributed by atoms with Crippen LogP contribution >= 0.6 is 11.6 Å². The second-order valence-corrected chi connectivity index (χ2v) is 4.72. The molecule has 1 heterocycles. The second kappa shape index (κ2) is 5.40. The zero-order valence-electron chi connectivity index (χ0n) is 10.8. The molecule has 0 radical (unpaired) electrons. The van der Waals surface area contributed by atoms with Gasteiger partial charge in [-0.2, -0.15) is 0 Å². The van der Waals surface area contributed by atoms with Crippen LogP contribution in [-0.2, 0) is 5.88 Å². The molecule has 1 aromatic heterocycles. The van der Waals surface area contributed by atoms with Crippen molar-refractivity contribution in [3.05, 3.63) is 52.7 Å². The Bertz CT molecular complexity index is 546. The molecule has 0 atom stereocenters. The maximum Gasteiger partial charge on any atom is 0.219 e. The summed E-state index contributed by atoms with van der Waals surface area (Å²) in [4.78, 5) is 4.39. The van der Waals surface area contributed by atoms with Crippen molar-refractivity contribution in [1.29, 1.82) is 0 Å². The van der Waals surface area contributed by atoms with Crippen LogP contribution in [0.5, 0.6) is 11.6 Å². The molecule has 94 valence electrons. The molecule has 0 unspecified atom stereocenters. The van der Waals surface area contributed by atoms with Crippen molar-refractivity contribution in [2.75, 3.05) is 0 Å². The Kier molecular flexibility index (Phi) is 3.87. The maximum atomic E-state index is 5.81. The minimum absolute atomic E-state index is 0.475. The monoisotopic (exact) mass is 261 g/mol. The van der Waals surface area contributed by atoms with Crippen molar-refractivity contribution in [3.8, 4) is 11.6 Å². The lowest BCUT2D eigenvalue weighted by Crippen LogP contribution is -1.94. The van der Waals surface area contributed by atoms with E-state index >= 15 is 0 Å². The molecule has 2 rings (SSSR count). The van der Waals surface area contributed by atoms with Crippen molar-refractivity contribution in [2.24, 2.45) is 0 Å². The third kappa shape index (κ3) is 3.02. The molecule has 2 aromatic rings. The Morgan fingerprint density at radius 1 is 1.06 bits per heavy atom. The van der Waals surface area contributed by atoms with Crippen LogP contribution in [0.15, 0.2) is 30.3 Å². The van der Waals surface area contributed by atoms with Crippen LogP contribution in [0.3, 0.4) is 0 Å². The molecule has 18 heavy (non-hydrogen) atoms. The molecular formula is C15H16ClNO. The van der Waals surface area contributed by atoms with E-state index in [0.717, 1.165) is 17.0 Å². The molecule has 0 N–H and O–H groups in total. The summed E-state index contributed by atoms with van der Waals surface area (Å²) in [6.45, 7) is 6.04. The molecular weight excluding hydrogens is 246 g/mol. The number of pyridine rings is 1. The van der Waals surface area contributed by atoms with Gasteiger partial charge in [-0.25, -0.2) is 4.98 Å². The summed E-state index contributed by atoms with van der Waals surface area (Å²) in [5, 5.41) is 0. The first kappa shape index (κ1) is 12.9. The molecule has 0 saturated heterocycles. The Morgan fingerprint density at radius 3 is 2.28 bits per heavy atom. The normalized spacial score (nSPS) is 10.4. The number of benzene rings is 1. The van der Waals surface area contributed by atoms with Gasteiger partial charge < -0.3 is 4.74 Å². The summed E-state index contributed by atoms with van der Waals surface area (Å²) < 4.78 is 5.77. The van der Waals surface area contributed by atoms with E-state index in [1.54, 1.807) is 0 Å². The van der Waals surface area contributed by atoms with E-state index in [-0.39, 0.29) is 0 Å². The largest absolute Gasteiger partial charge is 0.439 e. The van der Waals surface area contributed by atoms with Crippen molar-refractivity contribution in [3.63, 3.8) is 0 Å². The van der Waals surface area contributed by atoms with E-state index in [1.165, 1.54) is 11.1 Å². The molecule has 0 amide bonds. The van der Waals surface area contributed by atoms with E-state index < -0.39 is 0 Å². The minimum atomic E-state index is 0.475. The number of aryl methyl sites for hydroxylation is 3. The number of aromatic nitrogens is 1. The van der Waals surface area contributed by atoms with Gasteiger partial charge in [-0.1, -0.05) is 12.1 Å². The lowest BCUT2D eigenvalue weighted by Gasteiger charge is -2.09. The Morgan fingerprint density at radius 2 is 1.72 bits per heavy atom. The zero-order valence-corrected chi connectivity index (χ0v) is 11.6. The molecule has 2 nitrogen and oxygen atoms in total. The highest BCUT2D eigenvalue weighted by molar-refractivity contribution is 6.17. The molecule has 0 saturated carbocycles. The minimum Gasteiger partial charge on any atom is -0.439 e. The van der Waals surface area contributed by atoms with Gasteiger partial charge in [0, 0.05) is 17.6 Å². The van der Waals surface area contributed by atoms with Crippen LogP contribution in [0.1, 0.15) is 22.4 Å². The van der Waals surface area contributed by atoms with E-state index in [4.69, 9.17) is 16.3 Å². The van der Waals surface area contributed by atoms with Crippen molar-refractivity contribution in [2.45, 2.75) is 26.7 Å². The predicted molar refractivity (Wildman–Crippen MR) is 74.5 cm³/mol. The fourth-order valence-electron chi connectivity index (χ4n) is 1.88. The topological polar surface area (TPSA) is 22.1 Å². The zero-order chi connectivity index (χ0) is 13.1. The molecule has 3 heteroatoms. The summed E-state index contributed by atoms with van der Waals surface area (Å²) in [5.74, 6) is 1.90. The average Bonchev–Trinajstić information content (AvgIpc) is 2.27. The summed E-state index contributed by atoms with van der Waals surface area (Å²) in [6.07, 6.45) is 0. The van der Waals surface area contributed by atoms with Gasteiger partial charge in [-0.15, -0.1) is 11.6 Å². The third-order valence-corrected chi connectivity index (χ3v) is 3.02. The van der Waals surface area contributed by atoms with Crippen LogP contribution in [0.4, 0.5) is 0 Å². The van der Waals surface area contributed by atoms with Crippen molar-refractivity contribution >= 4 is 11.6 Å². The van der Waals surface area contributed by atoms with Gasteiger partial charge >= 0.3 is 0 Å². The van der Waals surface area contributed by atoms with E-state index in [9.17, 15) is 0 Å². The molecule has 0 spiro atoms. The fourth-order valence-corrected chi connectivity index (χ4v) is 2.16. The first-order valence-corrected chi connectivity index (χ1v) is 6.40. The lowest BCUT2D eigenvalue weighted by atomic mass is 10.1. The van der Waals surface area contributed by atoms with Crippen LogP contribution in [0, 0.1) is 20.8 Å². The van der Waals surface area contributed by atoms with E-state index in [1.807, 2.05) is 31.2 Å². The number of ether oxygens (including phenoxy) is 1. The lowest BCUT2D eigenvalue weighted by molar-refractivity contribution is 0.460. The highest BCUT2D eigenvalue weighted by Gasteiger charge is 2.04. The second-order valence-electron chi connectivity index (χ2n) is 4.45. The Balaban J connectivity index is 2.25. The summed E-state index contributed by atoms with van der Waals surface area (Å²) >= 11 is 5.81. The third-order valence-electron chi connectivity index (χ3n) is 2.73. The van der Waals surface area contributed by atoms with Gasteiger partial charge in [-0.3, -0.25) is 0 Å². The van der Waals surface area contributed by atoms with E-state index in [0.29, 0.717) is 11.8 Å². The Hall–Kier alpha value is -1.54. The number of hydrogen-bond acceptors (Lipinski definition) is 2. The van der Waals surface area contributed by atoms with Gasteiger partial charge in [0.15, 0.2) is 0 Å². The van der Waals surface area contributed by atoms with Gasteiger partial charge in [0.1, 0.15) is 5.75 Å². The number of hydrogen-bond donors (Lipinski definition) is 0. The quantitative estimate of drug-likeness (QED) is 0.757. The summed E-state index contributed by atoms with van der Waals surface area (Å²) in [5.41, 5.74) is 4.30. The molecule has 0 fully saturated rings. The van der Waals surface area contributed by atoms with Crippen molar-refractivity contribution in [1.82, 2.24) is 4.98 Å². The van der Waals surface area contributed by atoms with Gasteiger partial charge in [-0.05, 0) is 49.6 Å². The number of halogens is 1. The van der Waals surface area contributed by atoms with Crippen LogP contribution in [0.25, 0.3) is 0 Å². The number of rotatable bonds is 3. The molecule has 0 aliphatic rings. The highest BCUT2D eigenvalue weighted by Crippen LogP contribution is 2.23. The van der Waals surface area contributed by atoms with Crippen LogP contribution in [0.2, 0.25) is 0 Å². The maximum absolute atomic E-state index is 5.81. The average molecular weight is 262 g/mol. The first-order valence-electron chi connectivity index (χ1n) is 5.87. The predicted octanol–water partition coefficient (Wildman–Crippen LogP) is 4.54. The Labute approximate surface area is 113 Å². The fraction of sp³-hybridized carbons (Fsp3) is 0.267. The summed E-state index contributed by atoms with van der Waals surface area (Å²) in [6, 6.07) is 9.91. The number of nitrogens with zero attached hydrogens (tertiary/aromatic N) is 1. The standard InChI is InChI=1S/C15H16ClNO/c1-10-6-11(2)8-14(7-10)18-15-5-4-13(9-16)12(3)17-15/h4-8H,9H2,1-3H3. The summed E-state index contributed by atoms with van der Waals surface area (Å²) in [7, 11) is 0. The van der Waals surface area contributed by atoms with Gasteiger partial charge in [0.2, 0.25) is 5.88 Å². The molecule has 0 aliphatic carbocycles. The number of alkyl halides is 1. The first-order chi connectivity index (χ1) is 8.58. The highest BCUT2D eigenvalue weighted by atomic mass is 35.5. The molecule has 0 bridgehead atoms. The molecule has 1 aromatic carbocycles. The molecule has 0 aliphatic heterocycles. The SMILES string of the molecule is Cc1cc(C)cc(Oc2ccc(CCl)c(C)n2)c1. The van der Waals surface area contributed by atoms with Crippen molar-refractivity contribution < 1.29 is 4.74 Å². The van der Waals surface area contributed by atoms with Gasteiger partial charge in [0.05, 0.1) is 0 Å². The smallest absolute Gasteiger partial charge is 0.219 e. The van der Waals surface area contributed by atoms with Crippen LogP contribution in [-0.4, -0.2) is 4.98 Å². The van der Waals surface area contributed by atoms with Gasteiger partial charge in [0.25, 0.3) is 0 Å².